The number of pyridine rings is 2. The molecule has 0 spiro atoms. The van der Waals surface area contributed by atoms with Gasteiger partial charge in [0, 0.05) is 49.7 Å². The molecule has 0 aliphatic carbocycles. The summed E-state index contributed by atoms with van der Waals surface area (Å²) in [6.45, 7) is 6.62. The predicted octanol–water partition coefficient (Wildman–Crippen LogP) is 4.30. The number of anilines is 1. The first-order chi connectivity index (χ1) is 16.7. The summed E-state index contributed by atoms with van der Waals surface area (Å²) in [4.78, 5) is 31.4. The molecule has 2 amide bonds. The number of amides is 2. The number of imidazole rings is 1. The molecule has 182 valence electrons. The molecule has 0 radical (unpaired) electrons. The minimum absolute atomic E-state index is 0. The fourth-order valence-corrected chi connectivity index (χ4v) is 4.05. The van der Waals surface area contributed by atoms with E-state index in [2.05, 4.69) is 48.7 Å². The van der Waals surface area contributed by atoms with Crippen molar-refractivity contribution in [3.05, 3.63) is 60.6 Å². The van der Waals surface area contributed by atoms with Crippen LogP contribution in [0.3, 0.4) is 0 Å². The smallest absolute Gasteiger partial charge is 0.321 e. The van der Waals surface area contributed by atoms with Crippen molar-refractivity contribution in [3.63, 3.8) is 0 Å². The SMILES string of the molecule is C.CCNC(=O)Nc1nc2c(-c3ccccn3)cc(-c3ccc(CN4CCOCC4)nc3)cc2[nH]1. The van der Waals surface area contributed by atoms with E-state index in [4.69, 9.17) is 9.72 Å². The van der Waals surface area contributed by atoms with Crippen molar-refractivity contribution in [3.8, 4) is 22.4 Å². The number of aromatic nitrogens is 4. The van der Waals surface area contributed by atoms with Gasteiger partial charge in [0.25, 0.3) is 0 Å². The Morgan fingerprint density at radius 3 is 2.69 bits per heavy atom. The van der Waals surface area contributed by atoms with E-state index < -0.39 is 0 Å². The Hall–Kier alpha value is -3.82. The highest BCUT2D eigenvalue weighted by Gasteiger charge is 2.15. The van der Waals surface area contributed by atoms with Crippen molar-refractivity contribution < 1.29 is 9.53 Å². The summed E-state index contributed by atoms with van der Waals surface area (Å²) < 4.78 is 5.43. The molecule has 1 aliphatic heterocycles. The molecule has 3 N–H and O–H groups in total. The highest BCUT2D eigenvalue weighted by Crippen LogP contribution is 2.33. The number of fused-ring (bicyclic) bond motifs is 1. The zero-order chi connectivity index (χ0) is 23.3. The van der Waals surface area contributed by atoms with Crippen LogP contribution >= 0.6 is 0 Å². The van der Waals surface area contributed by atoms with Crippen LogP contribution in [0.15, 0.2) is 54.9 Å². The maximum Gasteiger partial charge on any atom is 0.321 e. The second-order valence-electron chi connectivity index (χ2n) is 8.13. The summed E-state index contributed by atoms with van der Waals surface area (Å²) in [6, 6.07) is 13.7. The second-order valence-corrected chi connectivity index (χ2v) is 8.13. The number of aromatic amines is 1. The Morgan fingerprint density at radius 2 is 1.97 bits per heavy atom. The number of nitrogens with zero attached hydrogens (tertiary/aromatic N) is 4. The number of hydrogen-bond donors (Lipinski definition) is 3. The molecule has 0 bridgehead atoms. The average molecular weight is 474 g/mol. The number of rotatable bonds is 6. The van der Waals surface area contributed by atoms with Crippen molar-refractivity contribution in [1.29, 1.82) is 0 Å². The van der Waals surface area contributed by atoms with Gasteiger partial charge >= 0.3 is 6.03 Å². The molecule has 5 rings (SSSR count). The molecule has 1 saturated heterocycles. The Morgan fingerprint density at radius 1 is 1.11 bits per heavy atom. The van der Waals surface area contributed by atoms with Gasteiger partial charge in [-0.2, -0.15) is 0 Å². The standard InChI is InChI=1S/C25H27N7O2.CH4/c1-2-26-25(33)31-24-29-22-14-18(13-20(23(22)30-24)21-5-3-4-8-27-21)17-6-7-19(28-15-17)16-32-9-11-34-12-10-32;/h3-8,13-15H,2,9-12,16H2,1H3,(H3,26,29,30,31,33);1H4. The van der Waals surface area contributed by atoms with Gasteiger partial charge in [0.05, 0.1) is 35.6 Å². The summed E-state index contributed by atoms with van der Waals surface area (Å²) in [5, 5.41) is 5.47. The minimum Gasteiger partial charge on any atom is -0.379 e. The van der Waals surface area contributed by atoms with Gasteiger partial charge in [0.2, 0.25) is 5.95 Å². The van der Waals surface area contributed by atoms with Crippen LogP contribution in [-0.2, 0) is 11.3 Å². The third-order valence-electron chi connectivity index (χ3n) is 5.74. The number of hydrogen-bond acceptors (Lipinski definition) is 6. The molecule has 1 aliphatic rings. The lowest BCUT2D eigenvalue weighted by Gasteiger charge is -2.26. The van der Waals surface area contributed by atoms with Crippen LogP contribution in [0, 0.1) is 0 Å². The Balaban J connectivity index is 0.00000289. The number of benzene rings is 1. The van der Waals surface area contributed by atoms with E-state index in [0.717, 1.165) is 72.0 Å². The lowest BCUT2D eigenvalue weighted by atomic mass is 10.0. The maximum atomic E-state index is 12.0. The summed E-state index contributed by atoms with van der Waals surface area (Å²) >= 11 is 0. The topological polar surface area (TPSA) is 108 Å². The Bertz CT molecular complexity index is 1270. The third kappa shape index (κ3) is 5.64. The van der Waals surface area contributed by atoms with E-state index in [-0.39, 0.29) is 13.5 Å². The first kappa shape index (κ1) is 24.3. The number of nitrogens with one attached hydrogen (secondary N) is 3. The van der Waals surface area contributed by atoms with Gasteiger partial charge in [0.15, 0.2) is 0 Å². The molecule has 0 saturated carbocycles. The fraction of sp³-hybridized carbons (Fsp3) is 0.308. The molecule has 3 aromatic heterocycles. The zero-order valence-electron chi connectivity index (χ0n) is 19.0. The number of urea groups is 1. The number of H-pyrrole nitrogens is 1. The molecule has 1 aromatic carbocycles. The van der Waals surface area contributed by atoms with Crippen molar-refractivity contribution in [2.75, 3.05) is 38.2 Å². The van der Waals surface area contributed by atoms with Gasteiger partial charge in [-0.3, -0.25) is 20.2 Å². The molecule has 1 fully saturated rings. The highest BCUT2D eigenvalue weighted by atomic mass is 16.5. The lowest BCUT2D eigenvalue weighted by Crippen LogP contribution is -2.35. The van der Waals surface area contributed by atoms with Crippen molar-refractivity contribution >= 4 is 23.0 Å². The van der Waals surface area contributed by atoms with Gasteiger partial charge in [-0.25, -0.2) is 9.78 Å². The van der Waals surface area contributed by atoms with Crippen molar-refractivity contribution in [2.45, 2.75) is 20.9 Å². The van der Waals surface area contributed by atoms with E-state index in [1.807, 2.05) is 37.4 Å². The number of carbonyl (C=O) groups is 1. The van der Waals surface area contributed by atoms with Crippen LogP contribution < -0.4 is 10.6 Å². The number of carbonyl (C=O) groups excluding carboxylic acids is 1. The first-order valence-electron chi connectivity index (χ1n) is 11.4. The summed E-state index contributed by atoms with van der Waals surface area (Å²) in [5.74, 6) is 0.384. The quantitative estimate of drug-likeness (QED) is 0.385. The van der Waals surface area contributed by atoms with Gasteiger partial charge in [-0.1, -0.05) is 19.6 Å². The van der Waals surface area contributed by atoms with E-state index in [1.54, 1.807) is 6.20 Å². The van der Waals surface area contributed by atoms with E-state index in [1.165, 1.54) is 0 Å². The average Bonchev–Trinajstić information content (AvgIpc) is 3.27. The molecule has 9 nitrogen and oxygen atoms in total. The summed E-state index contributed by atoms with van der Waals surface area (Å²) in [5.41, 5.74) is 6.26. The largest absolute Gasteiger partial charge is 0.379 e. The zero-order valence-corrected chi connectivity index (χ0v) is 19.0. The lowest BCUT2D eigenvalue weighted by molar-refractivity contribution is 0.0336. The molecule has 0 unspecified atom stereocenters. The van der Waals surface area contributed by atoms with Gasteiger partial charge in [0.1, 0.15) is 0 Å². The maximum absolute atomic E-state index is 12.0. The molecule has 9 heteroatoms. The van der Waals surface area contributed by atoms with Crippen LogP contribution in [-0.4, -0.2) is 63.7 Å². The monoisotopic (exact) mass is 473 g/mol. The van der Waals surface area contributed by atoms with E-state index >= 15 is 0 Å². The van der Waals surface area contributed by atoms with Crippen LogP contribution in [0.1, 0.15) is 20.0 Å². The van der Waals surface area contributed by atoms with Crippen LogP contribution in [0.25, 0.3) is 33.4 Å². The molecule has 35 heavy (non-hydrogen) atoms. The predicted molar refractivity (Wildman–Crippen MR) is 138 cm³/mol. The highest BCUT2D eigenvalue weighted by molar-refractivity contribution is 5.97. The van der Waals surface area contributed by atoms with Crippen LogP contribution in [0.2, 0.25) is 0 Å². The van der Waals surface area contributed by atoms with Crippen molar-refractivity contribution in [1.82, 2.24) is 30.2 Å². The molecule has 4 aromatic rings. The Labute approximate surface area is 205 Å². The number of morpholine rings is 1. The summed E-state index contributed by atoms with van der Waals surface area (Å²) in [6.07, 6.45) is 3.67. The number of ether oxygens (including phenoxy) is 1. The molecular weight excluding hydrogens is 442 g/mol. The minimum atomic E-state index is -0.304. The van der Waals surface area contributed by atoms with E-state index in [9.17, 15) is 4.79 Å². The molecule has 4 heterocycles. The van der Waals surface area contributed by atoms with E-state index in [0.29, 0.717) is 12.5 Å². The molecular formula is C26H31N7O2. The summed E-state index contributed by atoms with van der Waals surface area (Å²) in [7, 11) is 0. The second kappa shape index (κ2) is 11.1. The normalized spacial score (nSPS) is 13.9. The third-order valence-corrected chi connectivity index (χ3v) is 5.74. The molecule has 0 atom stereocenters. The van der Waals surface area contributed by atoms with Crippen LogP contribution in [0.5, 0.6) is 0 Å². The first-order valence-corrected chi connectivity index (χ1v) is 11.4. The van der Waals surface area contributed by atoms with Crippen molar-refractivity contribution in [2.24, 2.45) is 0 Å². The van der Waals surface area contributed by atoms with Gasteiger partial charge in [-0.15, -0.1) is 0 Å². The fourth-order valence-electron chi connectivity index (χ4n) is 4.05. The van der Waals surface area contributed by atoms with Crippen LogP contribution in [0.4, 0.5) is 10.7 Å². The Kier molecular flexibility index (Phi) is 7.69. The van der Waals surface area contributed by atoms with Gasteiger partial charge in [-0.05, 0) is 42.8 Å². The van der Waals surface area contributed by atoms with Gasteiger partial charge < -0.3 is 15.0 Å².